The van der Waals surface area contributed by atoms with Crippen molar-refractivity contribution in [1.29, 1.82) is 0 Å². The number of urea groups is 1. The van der Waals surface area contributed by atoms with Gasteiger partial charge in [-0.05, 0) is 31.6 Å². The third kappa shape index (κ3) is 4.61. The molecule has 0 aliphatic heterocycles. The molecule has 0 radical (unpaired) electrons. The SMILES string of the molecule is CN(CC1CCCCC1)C(=O)NC1CCCCC1C(=O)O. The normalized spacial score (nSPS) is 27.1. The number of nitrogens with zero attached hydrogens (tertiary/aromatic N) is 1. The molecule has 0 heterocycles. The van der Waals surface area contributed by atoms with Crippen LogP contribution >= 0.6 is 0 Å². The minimum atomic E-state index is -0.782. The van der Waals surface area contributed by atoms with Gasteiger partial charge in [-0.2, -0.15) is 0 Å². The van der Waals surface area contributed by atoms with Gasteiger partial charge >= 0.3 is 12.0 Å². The lowest BCUT2D eigenvalue weighted by Crippen LogP contribution is -2.50. The van der Waals surface area contributed by atoms with E-state index in [2.05, 4.69) is 5.32 Å². The Morgan fingerprint density at radius 3 is 2.33 bits per heavy atom. The van der Waals surface area contributed by atoms with Crippen molar-refractivity contribution in [3.63, 3.8) is 0 Å². The van der Waals surface area contributed by atoms with Crippen molar-refractivity contribution in [3.8, 4) is 0 Å². The first-order valence-corrected chi connectivity index (χ1v) is 8.32. The number of carboxylic acids is 1. The Bertz CT molecular complexity index is 367. The topological polar surface area (TPSA) is 69.6 Å². The molecule has 5 nitrogen and oxygen atoms in total. The van der Waals surface area contributed by atoms with E-state index in [9.17, 15) is 14.7 Å². The Kier molecular flexibility index (Phi) is 5.88. The summed E-state index contributed by atoms with van der Waals surface area (Å²) in [6, 6.07) is -0.323. The van der Waals surface area contributed by atoms with Gasteiger partial charge in [0, 0.05) is 19.6 Å². The maximum absolute atomic E-state index is 12.3. The molecule has 2 rings (SSSR count). The van der Waals surface area contributed by atoms with Gasteiger partial charge in [0.15, 0.2) is 0 Å². The average molecular weight is 296 g/mol. The molecule has 120 valence electrons. The van der Waals surface area contributed by atoms with Gasteiger partial charge in [0.2, 0.25) is 0 Å². The maximum atomic E-state index is 12.3. The molecule has 2 atom stereocenters. The van der Waals surface area contributed by atoms with E-state index in [-0.39, 0.29) is 12.1 Å². The molecule has 2 amide bonds. The predicted octanol–water partition coefficient (Wildman–Crippen LogP) is 2.85. The number of hydrogen-bond acceptors (Lipinski definition) is 2. The standard InChI is InChI=1S/C16H28N2O3/c1-18(11-12-7-3-2-4-8-12)16(21)17-14-10-6-5-9-13(14)15(19)20/h12-14H,2-11H2,1H3,(H,17,21)(H,19,20). The third-order valence-corrected chi connectivity index (χ3v) is 5.00. The quantitative estimate of drug-likeness (QED) is 0.838. The number of carbonyl (C=O) groups excluding carboxylic acids is 1. The van der Waals surface area contributed by atoms with Crippen molar-refractivity contribution < 1.29 is 14.7 Å². The molecule has 2 saturated carbocycles. The number of carbonyl (C=O) groups is 2. The first kappa shape index (κ1) is 16.1. The molecule has 2 N–H and O–H groups in total. The molecule has 2 aliphatic carbocycles. The summed E-state index contributed by atoms with van der Waals surface area (Å²) in [5, 5.41) is 12.2. The summed E-state index contributed by atoms with van der Waals surface area (Å²) in [6.45, 7) is 0.788. The van der Waals surface area contributed by atoms with E-state index in [4.69, 9.17) is 0 Å². The van der Waals surface area contributed by atoms with Crippen LogP contribution < -0.4 is 5.32 Å². The largest absolute Gasteiger partial charge is 0.481 e. The number of amides is 2. The van der Waals surface area contributed by atoms with E-state index >= 15 is 0 Å². The lowest BCUT2D eigenvalue weighted by Gasteiger charge is -2.32. The van der Waals surface area contributed by atoms with Crippen molar-refractivity contribution >= 4 is 12.0 Å². The van der Waals surface area contributed by atoms with E-state index in [0.29, 0.717) is 12.3 Å². The lowest BCUT2D eigenvalue weighted by atomic mass is 9.84. The fourth-order valence-electron chi connectivity index (χ4n) is 3.71. The Hall–Kier alpha value is -1.26. The van der Waals surface area contributed by atoms with Crippen molar-refractivity contribution in [3.05, 3.63) is 0 Å². The zero-order chi connectivity index (χ0) is 15.2. The molecule has 0 bridgehead atoms. The van der Waals surface area contributed by atoms with Crippen LogP contribution in [0.25, 0.3) is 0 Å². The lowest BCUT2D eigenvalue weighted by molar-refractivity contribution is -0.143. The molecule has 2 fully saturated rings. The summed E-state index contributed by atoms with van der Waals surface area (Å²) in [6.07, 6.45) is 9.66. The van der Waals surface area contributed by atoms with Gasteiger partial charge in [-0.1, -0.05) is 32.1 Å². The molecule has 5 heteroatoms. The van der Waals surface area contributed by atoms with Gasteiger partial charge in [-0.25, -0.2) is 4.79 Å². The second-order valence-electron chi connectivity index (χ2n) is 6.67. The minimum Gasteiger partial charge on any atom is -0.481 e. The summed E-state index contributed by atoms with van der Waals surface area (Å²) in [4.78, 5) is 25.3. The van der Waals surface area contributed by atoms with Crippen molar-refractivity contribution in [2.75, 3.05) is 13.6 Å². The van der Waals surface area contributed by atoms with Crippen LogP contribution in [0.2, 0.25) is 0 Å². The average Bonchev–Trinajstić information content (AvgIpc) is 2.48. The number of rotatable bonds is 4. The van der Waals surface area contributed by atoms with Crippen molar-refractivity contribution in [1.82, 2.24) is 10.2 Å². The van der Waals surface area contributed by atoms with Gasteiger partial charge in [0.1, 0.15) is 0 Å². The highest BCUT2D eigenvalue weighted by Crippen LogP contribution is 2.26. The molecule has 0 aromatic carbocycles. The Balaban J connectivity index is 1.82. The highest BCUT2D eigenvalue weighted by molar-refractivity contribution is 5.76. The molecular formula is C16H28N2O3. The fourth-order valence-corrected chi connectivity index (χ4v) is 3.71. The summed E-state index contributed by atoms with van der Waals surface area (Å²) < 4.78 is 0. The van der Waals surface area contributed by atoms with Crippen LogP contribution in [-0.4, -0.2) is 41.6 Å². The number of aliphatic carboxylic acids is 1. The van der Waals surface area contributed by atoms with Gasteiger partial charge < -0.3 is 15.3 Å². The molecule has 2 aliphatic rings. The molecule has 0 aromatic rings. The van der Waals surface area contributed by atoms with E-state index in [1.54, 1.807) is 4.90 Å². The van der Waals surface area contributed by atoms with Gasteiger partial charge in [-0.15, -0.1) is 0 Å². The van der Waals surface area contributed by atoms with Crippen LogP contribution in [-0.2, 0) is 4.79 Å². The van der Waals surface area contributed by atoms with Crippen molar-refractivity contribution in [2.24, 2.45) is 11.8 Å². The number of hydrogen-bond donors (Lipinski definition) is 2. The van der Waals surface area contributed by atoms with E-state index in [1.165, 1.54) is 32.1 Å². The van der Waals surface area contributed by atoms with Gasteiger partial charge in [0.05, 0.1) is 5.92 Å². The van der Waals surface area contributed by atoms with E-state index in [0.717, 1.165) is 25.8 Å². The Morgan fingerprint density at radius 2 is 1.67 bits per heavy atom. The van der Waals surface area contributed by atoms with Crippen LogP contribution in [0.1, 0.15) is 57.8 Å². The molecule has 0 saturated heterocycles. The molecule has 0 aromatic heterocycles. The number of nitrogens with one attached hydrogen (secondary N) is 1. The van der Waals surface area contributed by atoms with Crippen LogP contribution in [0.15, 0.2) is 0 Å². The zero-order valence-corrected chi connectivity index (χ0v) is 13.0. The Morgan fingerprint density at radius 1 is 1.05 bits per heavy atom. The third-order valence-electron chi connectivity index (χ3n) is 5.00. The zero-order valence-electron chi connectivity index (χ0n) is 13.0. The molecule has 0 spiro atoms. The number of carboxylic acid groups (broad SMARTS) is 1. The smallest absolute Gasteiger partial charge is 0.317 e. The maximum Gasteiger partial charge on any atom is 0.317 e. The van der Waals surface area contributed by atoms with Gasteiger partial charge in [0.25, 0.3) is 0 Å². The van der Waals surface area contributed by atoms with Crippen molar-refractivity contribution in [2.45, 2.75) is 63.8 Å². The van der Waals surface area contributed by atoms with E-state index in [1.807, 2.05) is 7.05 Å². The minimum absolute atomic E-state index is 0.112. The summed E-state index contributed by atoms with van der Waals surface area (Å²) >= 11 is 0. The fraction of sp³-hybridized carbons (Fsp3) is 0.875. The van der Waals surface area contributed by atoms with Gasteiger partial charge in [-0.3, -0.25) is 4.79 Å². The molecule has 21 heavy (non-hydrogen) atoms. The predicted molar refractivity (Wildman–Crippen MR) is 81.1 cm³/mol. The molecular weight excluding hydrogens is 268 g/mol. The van der Waals surface area contributed by atoms with E-state index < -0.39 is 11.9 Å². The molecule has 2 unspecified atom stereocenters. The van der Waals surface area contributed by atoms with Crippen LogP contribution in [0.4, 0.5) is 4.79 Å². The Labute approximate surface area is 127 Å². The monoisotopic (exact) mass is 296 g/mol. The summed E-state index contributed by atoms with van der Waals surface area (Å²) in [7, 11) is 1.82. The van der Waals surface area contributed by atoms with Crippen LogP contribution in [0, 0.1) is 11.8 Å². The highest BCUT2D eigenvalue weighted by Gasteiger charge is 2.32. The van der Waals surface area contributed by atoms with Crippen LogP contribution in [0.5, 0.6) is 0 Å². The second kappa shape index (κ2) is 7.66. The second-order valence-corrected chi connectivity index (χ2v) is 6.67. The first-order chi connectivity index (χ1) is 10.1. The summed E-state index contributed by atoms with van der Waals surface area (Å²) in [5.41, 5.74) is 0. The highest BCUT2D eigenvalue weighted by atomic mass is 16.4. The van der Waals surface area contributed by atoms with Crippen LogP contribution in [0.3, 0.4) is 0 Å². The summed E-state index contributed by atoms with van der Waals surface area (Å²) in [5.74, 6) is -0.600. The first-order valence-electron chi connectivity index (χ1n) is 8.32.